The second-order valence-corrected chi connectivity index (χ2v) is 6.10. The summed E-state index contributed by atoms with van der Waals surface area (Å²) in [5.74, 6) is 0.506. The maximum atomic E-state index is 12.1. The number of aryl methyl sites for hydroxylation is 1. The minimum absolute atomic E-state index is 0.0110. The number of likely N-dealkylation sites (tertiary alicyclic amines) is 1. The summed E-state index contributed by atoms with van der Waals surface area (Å²) in [5, 5.41) is 2.97. The number of nitrogens with two attached hydrogens (primary N) is 1. The topological polar surface area (TPSA) is 71.2 Å². The zero-order chi connectivity index (χ0) is 14.2. The fraction of sp³-hybridized carbons (Fsp3) is 0.600. The van der Waals surface area contributed by atoms with Gasteiger partial charge in [0.1, 0.15) is 0 Å². The summed E-state index contributed by atoms with van der Waals surface area (Å²) in [6.45, 7) is 4.11. The quantitative estimate of drug-likeness (QED) is 0.866. The number of hydrogen-bond acceptors (Lipinski definition) is 3. The lowest BCUT2D eigenvalue weighted by atomic mass is 9.70. The van der Waals surface area contributed by atoms with E-state index in [1.165, 1.54) is 0 Å². The molecule has 1 aromatic rings. The number of carbonyl (C=O) groups excluding carboxylic acids is 1. The van der Waals surface area contributed by atoms with Gasteiger partial charge in [-0.1, -0.05) is 6.07 Å². The van der Waals surface area contributed by atoms with E-state index in [0.717, 1.165) is 37.2 Å². The molecule has 2 atom stereocenters. The van der Waals surface area contributed by atoms with E-state index in [-0.39, 0.29) is 11.6 Å². The molecule has 0 radical (unpaired) electrons. The SMILES string of the molecule is Cc1cccc(CCNC(=O)N2C[C@@H]3CC[C@]3(N)C2)n1. The number of fused-ring (bicyclic) bond motifs is 1. The molecule has 1 aliphatic heterocycles. The number of rotatable bonds is 3. The molecule has 2 heterocycles. The zero-order valence-corrected chi connectivity index (χ0v) is 11.9. The van der Waals surface area contributed by atoms with Gasteiger partial charge >= 0.3 is 6.03 Å². The van der Waals surface area contributed by atoms with Crippen molar-refractivity contribution in [3.8, 4) is 0 Å². The van der Waals surface area contributed by atoms with Crippen LogP contribution >= 0.6 is 0 Å². The highest BCUT2D eigenvalue weighted by atomic mass is 16.2. The number of pyridine rings is 1. The highest BCUT2D eigenvalue weighted by Gasteiger charge is 2.51. The molecular formula is C15H22N4O. The van der Waals surface area contributed by atoms with Gasteiger partial charge in [-0.2, -0.15) is 0 Å². The third-order valence-electron chi connectivity index (χ3n) is 4.59. The molecule has 2 aliphatic rings. The fourth-order valence-electron chi connectivity index (χ4n) is 3.19. The number of carbonyl (C=O) groups is 1. The lowest BCUT2D eigenvalue weighted by Gasteiger charge is -2.39. The molecule has 5 nitrogen and oxygen atoms in total. The number of urea groups is 1. The van der Waals surface area contributed by atoms with Crippen LogP contribution in [0.4, 0.5) is 4.79 Å². The molecule has 3 N–H and O–H groups in total. The molecule has 0 aromatic carbocycles. The van der Waals surface area contributed by atoms with Gasteiger partial charge in [0, 0.05) is 43.0 Å². The van der Waals surface area contributed by atoms with Crippen LogP contribution < -0.4 is 11.1 Å². The fourth-order valence-corrected chi connectivity index (χ4v) is 3.19. The van der Waals surface area contributed by atoms with Crippen molar-refractivity contribution in [1.29, 1.82) is 0 Å². The molecule has 2 fully saturated rings. The predicted octanol–water partition coefficient (Wildman–Crippen LogP) is 1.07. The van der Waals surface area contributed by atoms with Gasteiger partial charge in [0.05, 0.1) is 0 Å². The van der Waals surface area contributed by atoms with Crippen LogP contribution in [-0.4, -0.2) is 41.1 Å². The van der Waals surface area contributed by atoms with Crippen LogP contribution in [0.15, 0.2) is 18.2 Å². The average Bonchev–Trinajstić information content (AvgIpc) is 2.63. The minimum Gasteiger partial charge on any atom is -0.338 e. The van der Waals surface area contributed by atoms with Crippen LogP contribution in [0.2, 0.25) is 0 Å². The van der Waals surface area contributed by atoms with Gasteiger partial charge < -0.3 is 16.0 Å². The summed E-state index contributed by atoms with van der Waals surface area (Å²) in [6, 6.07) is 5.97. The van der Waals surface area contributed by atoms with E-state index in [1.807, 2.05) is 30.0 Å². The Morgan fingerprint density at radius 3 is 3.05 bits per heavy atom. The van der Waals surface area contributed by atoms with Crippen molar-refractivity contribution < 1.29 is 4.79 Å². The van der Waals surface area contributed by atoms with Crippen molar-refractivity contribution in [2.45, 2.75) is 31.7 Å². The highest BCUT2D eigenvalue weighted by Crippen LogP contribution is 2.42. The van der Waals surface area contributed by atoms with Crippen molar-refractivity contribution in [3.05, 3.63) is 29.6 Å². The molecule has 20 heavy (non-hydrogen) atoms. The Morgan fingerprint density at radius 2 is 2.45 bits per heavy atom. The molecule has 1 saturated heterocycles. The van der Waals surface area contributed by atoms with Crippen molar-refractivity contribution in [2.24, 2.45) is 11.7 Å². The molecule has 0 bridgehead atoms. The smallest absolute Gasteiger partial charge is 0.317 e. The molecule has 5 heteroatoms. The Kier molecular flexibility index (Phi) is 3.38. The van der Waals surface area contributed by atoms with Crippen LogP contribution in [-0.2, 0) is 6.42 Å². The van der Waals surface area contributed by atoms with Crippen LogP contribution in [0.3, 0.4) is 0 Å². The molecule has 2 amide bonds. The van der Waals surface area contributed by atoms with Crippen LogP contribution in [0.5, 0.6) is 0 Å². The summed E-state index contributed by atoms with van der Waals surface area (Å²) in [4.78, 5) is 18.4. The molecule has 1 aromatic heterocycles. The zero-order valence-electron chi connectivity index (χ0n) is 11.9. The Morgan fingerprint density at radius 1 is 1.60 bits per heavy atom. The van der Waals surface area contributed by atoms with E-state index in [9.17, 15) is 4.79 Å². The van der Waals surface area contributed by atoms with E-state index in [0.29, 0.717) is 19.0 Å². The number of amides is 2. The van der Waals surface area contributed by atoms with E-state index in [2.05, 4.69) is 10.3 Å². The largest absolute Gasteiger partial charge is 0.338 e. The van der Waals surface area contributed by atoms with E-state index in [1.54, 1.807) is 0 Å². The normalized spacial score (nSPS) is 27.9. The number of nitrogens with one attached hydrogen (secondary N) is 1. The first-order valence-electron chi connectivity index (χ1n) is 7.31. The van der Waals surface area contributed by atoms with E-state index < -0.39 is 0 Å². The standard InChI is InChI=1S/C15H22N4O/c1-11-3-2-4-13(18-11)6-8-17-14(20)19-9-12-5-7-15(12,16)10-19/h2-4,12H,5-10,16H2,1H3,(H,17,20)/t12-,15-/m0/s1. The first-order chi connectivity index (χ1) is 9.57. The maximum absolute atomic E-state index is 12.1. The summed E-state index contributed by atoms with van der Waals surface area (Å²) >= 11 is 0. The third kappa shape index (κ3) is 2.50. The summed E-state index contributed by atoms with van der Waals surface area (Å²) in [7, 11) is 0. The van der Waals surface area contributed by atoms with Crippen LogP contribution in [0, 0.1) is 12.8 Å². The third-order valence-corrected chi connectivity index (χ3v) is 4.59. The average molecular weight is 274 g/mol. The Balaban J connectivity index is 1.46. The number of nitrogens with zero attached hydrogens (tertiary/aromatic N) is 2. The second-order valence-electron chi connectivity index (χ2n) is 6.10. The number of aromatic nitrogens is 1. The van der Waals surface area contributed by atoms with Crippen molar-refractivity contribution in [1.82, 2.24) is 15.2 Å². The molecule has 3 rings (SSSR count). The van der Waals surface area contributed by atoms with Gasteiger partial charge in [-0.05, 0) is 37.8 Å². The summed E-state index contributed by atoms with van der Waals surface area (Å²) in [5.41, 5.74) is 8.16. The van der Waals surface area contributed by atoms with Crippen molar-refractivity contribution in [3.63, 3.8) is 0 Å². The number of hydrogen-bond donors (Lipinski definition) is 2. The molecule has 0 unspecified atom stereocenters. The van der Waals surface area contributed by atoms with Crippen LogP contribution in [0.25, 0.3) is 0 Å². The van der Waals surface area contributed by atoms with Gasteiger partial charge in [-0.3, -0.25) is 4.98 Å². The van der Waals surface area contributed by atoms with Crippen LogP contribution in [0.1, 0.15) is 24.2 Å². The molecular weight excluding hydrogens is 252 g/mol. The van der Waals surface area contributed by atoms with Crippen molar-refractivity contribution >= 4 is 6.03 Å². The van der Waals surface area contributed by atoms with Gasteiger partial charge in [0.15, 0.2) is 0 Å². The van der Waals surface area contributed by atoms with Gasteiger partial charge in [-0.15, -0.1) is 0 Å². The van der Waals surface area contributed by atoms with Gasteiger partial charge in [0.25, 0.3) is 0 Å². The van der Waals surface area contributed by atoms with Gasteiger partial charge in [0.2, 0.25) is 0 Å². The Hall–Kier alpha value is -1.62. The van der Waals surface area contributed by atoms with Gasteiger partial charge in [-0.25, -0.2) is 4.79 Å². The summed E-state index contributed by atoms with van der Waals surface area (Å²) in [6.07, 6.45) is 2.97. The molecule has 1 saturated carbocycles. The molecule has 0 spiro atoms. The Labute approximate surface area is 119 Å². The Bertz CT molecular complexity index is 518. The highest BCUT2D eigenvalue weighted by molar-refractivity contribution is 5.74. The molecule has 1 aliphatic carbocycles. The minimum atomic E-state index is -0.102. The van der Waals surface area contributed by atoms with E-state index >= 15 is 0 Å². The maximum Gasteiger partial charge on any atom is 0.317 e. The first kappa shape index (κ1) is 13.4. The monoisotopic (exact) mass is 274 g/mol. The predicted molar refractivity (Wildman–Crippen MR) is 77.3 cm³/mol. The second kappa shape index (κ2) is 5.05. The van der Waals surface area contributed by atoms with E-state index in [4.69, 9.17) is 5.73 Å². The summed E-state index contributed by atoms with van der Waals surface area (Å²) < 4.78 is 0. The van der Waals surface area contributed by atoms with Crippen molar-refractivity contribution in [2.75, 3.05) is 19.6 Å². The molecule has 108 valence electrons. The lowest BCUT2D eigenvalue weighted by Crippen LogP contribution is -2.55. The lowest BCUT2D eigenvalue weighted by molar-refractivity contribution is 0.187. The first-order valence-corrected chi connectivity index (χ1v) is 7.31.